The SMILES string of the molecule is O=C(C1CCN(c2ccncn2)CC1)N1CCN(S(=O)(=O)c2ccc(Br)cc2)CC1. The minimum atomic E-state index is -3.53. The van der Waals surface area contributed by atoms with Gasteiger partial charge in [0, 0.05) is 55.9 Å². The van der Waals surface area contributed by atoms with E-state index in [2.05, 4.69) is 30.8 Å². The van der Waals surface area contributed by atoms with Gasteiger partial charge in [0.25, 0.3) is 0 Å². The summed E-state index contributed by atoms with van der Waals surface area (Å²) in [4.78, 5) is 25.5. The Morgan fingerprint density at radius 1 is 0.967 bits per heavy atom. The van der Waals surface area contributed by atoms with Crippen molar-refractivity contribution in [1.82, 2.24) is 19.2 Å². The summed E-state index contributed by atoms with van der Waals surface area (Å²) in [6.45, 7) is 3.08. The van der Waals surface area contributed by atoms with Crippen LogP contribution in [0.25, 0.3) is 0 Å². The van der Waals surface area contributed by atoms with Gasteiger partial charge >= 0.3 is 0 Å². The molecule has 30 heavy (non-hydrogen) atoms. The van der Waals surface area contributed by atoms with Gasteiger partial charge < -0.3 is 9.80 Å². The van der Waals surface area contributed by atoms with Crippen LogP contribution < -0.4 is 4.90 Å². The summed E-state index contributed by atoms with van der Waals surface area (Å²) in [5, 5.41) is 0. The normalized spacial score (nSPS) is 19.1. The molecule has 0 spiro atoms. The van der Waals surface area contributed by atoms with E-state index in [1.807, 2.05) is 11.0 Å². The number of aromatic nitrogens is 2. The van der Waals surface area contributed by atoms with E-state index in [0.29, 0.717) is 26.2 Å². The van der Waals surface area contributed by atoms with Gasteiger partial charge in [0.05, 0.1) is 4.90 Å². The molecule has 0 unspecified atom stereocenters. The number of rotatable bonds is 4. The lowest BCUT2D eigenvalue weighted by molar-refractivity contribution is -0.137. The molecule has 0 radical (unpaired) electrons. The van der Waals surface area contributed by atoms with E-state index in [9.17, 15) is 13.2 Å². The molecular weight excluding hydrogens is 470 g/mol. The number of halogens is 1. The van der Waals surface area contributed by atoms with Crippen LogP contribution in [0, 0.1) is 5.92 Å². The van der Waals surface area contributed by atoms with Crippen LogP contribution in [0.1, 0.15) is 12.8 Å². The van der Waals surface area contributed by atoms with Crippen molar-refractivity contribution in [1.29, 1.82) is 0 Å². The molecule has 0 N–H and O–H groups in total. The van der Waals surface area contributed by atoms with Crippen LogP contribution in [0.4, 0.5) is 5.82 Å². The van der Waals surface area contributed by atoms with Crippen LogP contribution in [0.2, 0.25) is 0 Å². The number of amides is 1. The van der Waals surface area contributed by atoms with Crippen LogP contribution >= 0.6 is 15.9 Å². The molecule has 4 rings (SSSR count). The number of carbonyl (C=O) groups excluding carboxylic acids is 1. The van der Waals surface area contributed by atoms with Gasteiger partial charge in [-0.2, -0.15) is 4.31 Å². The van der Waals surface area contributed by atoms with Crippen LogP contribution in [-0.4, -0.2) is 72.8 Å². The van der Waals surface area contributed by atoms with Gasteiger partial charge in [-0.25, -0.2) is 18.4 Å². The number of anilines is 1. The predicted molar refractivity (Wildman–Crippen MR) is 116 cm³/mol. The van der Waals surface area contributed by atoms with Crippen molar-refractivity contribution in [2.24, 2.45) is 5.92 Å². The minimum Gasteiger partial charge on any atom is -0.356 e. The van der Waals surface area contributed by atoms with Gasteiger partial charge in [0.15, 0.2) is 0 Å². The topological polar surface area (TPSA) is 86.7 Å². The largest absolute Gasteiger partial charge is 0.356 e. The number of piperazine rings is 1. The molecule has 160 valence electrons. The summed E-state index contributed by atoms with van der Waals surface area (Å²) in [5.74, 6) is 1.01. The molecule has 0 saturated carbocycles. The van der Waals surface area contributed by atoms with Crippen LogP contribution in [0.3, 0.4) is 0 Å². The number of hydrogen-bond donors (Lipinski definition) is 0. The molecule has 2 aliphatic rings. The summed E-state index contributed by atoms with van der Waals surface area (Å²) in [6, 6.07) is 8.53. The number of benzene rings is 1. The maximum absolute atomic E-state index is 13.0. The van der Waals surface area contributed by atoms with Crippen molar-refractivity contribution >= 4 is 37.7 Å². The fourth-order valence-electron chi connectivity index (χ4n) is 3.99. The van der Waals surface area contributed by atoms with Gasteiger partial charge in [-0.15, -0.1) is 0 Å². The van der Waals surface area contributed by atoms with Crippen LogP contribution in [-0.2, 0) is 14.8 Å². The first-order valence-corrected chi connectivity index (χ1v) is 12.2. The molecule has 1 aromatic heterocycles. The average molecular weight is 494 g/mol. The summed E-state index contributed by atoms with van der Waals surface area (Å²) in [6.07, 6.45) is 4.82. The Labute approximate surface area is 185 Å². The third kappa shape index (κ3) is 4.50. The van der Waals surface area contributed by atoms with E-state index in [1.54, 1.807) is 30.5 Å². The Hall–Kier alpha value is -2.04. The Bertz CT molecular complexity index is 971. The quantitative estimate of drug-likeness (QED) is 0.647. The monoisotopic (exact) mass is 493 g/mol. The summed E-state index contributed by atoms with van der Waals surface area (Å²) < 4.78 is 28.0. The third-order valence-corrected chi connectivity index (χ3v) is 8.18. The molecule has 0 aliphatic carbocycles. The second-order valence-electron chi connectivity index (χ2n) is 7.51. The lowest BCUT2D eigenvalue weighted by Crippen LogP contribution is -2.52. The molecule has 2 fully saturated rings. The standard InChI is InChI=1S/C20H24BrN5O3S/c21-17-1-3-18(4-2-17)30(28,29)26-13-11-25(12-14-26)20(27)16-6-9-24(10-7-16)19-5-8-22-15-23-19/h1-5,8,15-16H,6-7,9-14H2. The number of piperidine rings is 1. The number of carbonyl (C=O) groups is 1. The summed E-state index contributed by atoms with van der Waals surface area (Å²) in [5.41, 5.74) is 0. The first kappa shape index (κ1) is 21.2. The molecule has 2 aliphatic heterocycles. The second kappa shape index (κ2) is 8.99. The van der Waals surface area contributed by atoms with Gasteiger partial charge in [-0.05, 0) is 43.2 Å². The molecule has 10 heteroatoms. The highest BCUT2D eigenvalue weighted by atomic mass is 79.9. The predicted octanol–water partition coefficient (Wildman–Crippen LogP) is 1.99. The molecule has 1 amide bonds. The molecule has 0 bridgehead atoms. The number of sulfonamides is 1. The maximum Gasteiger partial charge on any atom is 0.243 e. The molecule has 8 nitrogen and oxygen atoms in total. The van der Waals surface area contributed by atoms with Gasteiger partial charge in [0.1, 0.15) is 12.1 Å². The van der Waals surface area contributed by atoms with E-state index >= 15 is 0 Å². The Morgan fingerprint density at radius 2 is 1.63 bits per heavy atom. The molecule has 2 saturated heterocycles. The molecular formula is C20H24BrN5O3S. The third-order valence-electron chi connectivity index (χ3n) is 5.74. The molecule has 1 aromatic carbocycles. The fraction of sp³-hybridized carbons (Fsp3) is 0.450. The molecule has 3 heterocycles. The average Bonchev–Trinajstić information content (AvgIpc) is 2.80. The zero-order valence-corrected chi connectivity index (χ0v) is 18.9. The fourth-order valence-corrected chi connectivity index (χ4v) is 5.68. The minimum absolute atomic E-state index is 0.0160. The smallest absolute Gasteiger partial charge is 0.243 e. The van der Waals surface area contributed by atoms with Crippen LogP contribution in [0.5, 0.6) is 0 Å². The zero-order chi connectivity index (χ0) is 21.1. The van der Waals surface area contributed by atoms with Crippen LogP contribution in [0.15, 0.2) is 52.2 Å². The van der Waals surface area contributed by atoms with Gasteiger partial charge in [0.2, 0.25) is 15.9 Å². The first-order valence-electron chi connectivity index (χ1n) is 10.0. The van der Waals surface area contributed by atoms with E-state index < -0.39 is 10.0 Å². The zero-order valence-electron chi connectivity index (χ0n) is 16.5. The second-order valence-corrected chi connectivity index (χ2v) is 10.4. The lowest BCUT2D eigenvalue weighted by atomic mass is 9.95. The summed E-state index contributed by atoms with van der Waals surface area (Å²) >= 11 is 3.32. The van der Waals surface area contributed by atoms with E-state index in [0.717, 1.165) is 36.2 Å². The molecule has 2 aromatic rings. The van der Waals surface area contributed by atoms with Crippen molar-refractivity contribution in [3.05, 3.63) is 47.3 Å². The highest BCUT2D eigenvalue weighted by molar-refractivity contribution is 9.10. The van der Waals surface area contributed by atoms with Crippen molar-refractivity contribution < 1.29 is 13.2 Å². The first-order chi connectivity index (χ1) is 14.4. The van der Waals surface area contributed by atoms with E-state index in [-0.39, 0.29) is 16.7 Å². The van der Waals surface area contributed by atoms with Crippen molar-refractivity contribution in [2.75, 3.05) is 44.2 Å². The number of nitrogens with zero attached hydrogens (tertiary/aromatic N) is 5. The van der Waals surface area contributed by atoms with Crippen molar-refractivity contribution in [3.8, 4) is 0 Å². The van der Waals surface area contributed by atoms with Crippen molar-refractivity contribution in [2.45, 2.75) is 17.7 Å². The number of hydrogen-bond acceptors (Lipinski definition) is 6. The van der Waals surface area contributed by atoms with Gasteiger partial charge in [-0.3, -0.25) is 4.79 Å². The Kier molecular flexibility index (Phi) is 6.35. The maximum atomic E-state index is 13.0. The van der Waals surface area contributed by atoms with E-state index in [4.69, 9.17) is 0 Å². The highest BCUT2D eigenvalue weighted by Crippen LogP contribution is 2.25. The van der Waals surface area contributed by atoms with Gasteiger partial charge in [-0.1, -0.05) is 15.9 Å². The summed E-state index contributed by atoms with van der Waals surface area (Å²) in [7, 11) is -3.53. The lowest BCUT2D eigenvalue weighted by Gasteiger charge is -2.38. The Balaban J connectivity index is 1.31. The van der Waals surface area contributed by atoms with E-state index in [1.165, 1.54) is 10.6 Å². The van der Waals surface area contributed by atoms with Crippen molar-refractivity contribution in [3.63, 3.8) is 0 Å². The molecule has 0 atom stereocenters. The Morgan fingerprint density at radius 3 is 2.23 bits per heavy atom. The highest BCUT2D eigenvalue weighted by Gasteiger charge is 2.34.